The summed E-state index contributed by atoms with van der Waals surface area (Å²) in [7, 11) is 0. The molecule has 1 aromatic heterocycles. The molecular formula is C18H21N3O4. The summed E-state index contributed by atoms with van der Waals surface area (Å²) in [6.45, 7) is 6.62. The maximum Gasteiger partial charge on any atom is 0.342 e. The van der Waals surface area contributed by atoms with Gasteiger partial charge in [0.25, 0.3) is 0 Å². The molecule has 2 rings (SSSR count). The zero-order valence-electron chi connectivity index (χ0n) is 14.8. The molecule has 0 radical (unpaired) electrons. The Bertz CT molecular complexity index is 793. The van der Waals surface area contributed by atoms with Crippen molar-refractivity contribution in [3.63, 3.8) is 0 Å². The number of benzene rings is 1. The molecule has 0 aliphatic carbocycles. The number of rotatable bonds is 6. The van der Waals surface area contributed by atoms with Crippen molar-refractivity contribution in [2.75, 3.05) is 18.1 Å². The van der Waals surface area contributed by atoms with Gasteiger partial charge < -0.3 is 9.64 Å². The number of aromatic nitrogens is 2. The zero-order chi connectivity index (χ0) is 18.6. The van der Waals surface area contributed by atoms with E-state index in [9.17, 15) is 14.4 Å². The Morgan fingerprint density at radius 2 is 1.80 bits per heavy atom. The molecular weight excluding hydrogens is 322 g/mol. The van der Waals surface area contributed by atoms with Gasteiger partial charge in [0.2, 0.25) is 11.7 Å². The average Bonchev–Trinajstić information content (AvgIpc) is 2.95. The molecule has 0 unspecified atom stereocenters. The fourth-order valence-corrected chi connectivity index (χ4v) is 2.41. The number of amides is 1. The van der Waals surface area contributed by atoms with Gasteiger partial charge >= 0.3 is 5.97 Å². The Hall–Kier alpha value is -2.96. The minimum atomic E-state index is -0.609. The van der Waals surface area contributed by atoms with Crippen molar-refractivity contribution in [3.05, 3.63) is 46.8 Å². The van der Waals surface area contributed by atoms with Gasteiger partial charge in [0.15, 0.2) is 0 Å². The summed E-state index contributed by atoms with van der Waals surface area (Å²) in [6, 6.07) is 7.26. The topological polar surface area (TPSA) is 92.4 Å². The van der Waals surface area contributed by atoms with E-state index < -0.39 is 11.8 Å². The van der Waals surface area contributed by atoms with Crippen LogP contribution in [0.4, 0.5) is 5.69 Å². The first-order valence-electron chi connectivity index (χ1n) is 7.95. The number of Topliss-reactive ketones (excluding diaryl/α,β-unsaturated/α-hetero) is 1. The molecule has 1 N–H and O–H groups in total. The molecule has 0 aliphatic rings. The van der Waals surface area contributed by atoms with Crippen LogP contribution >= 0.6 is 0 Å². The number of nitrogens with zero attached hydrogens (tertiary/aromatic N) is 2. The van der Waals surface area contributed by atoms with E-state index in [0.717, 1.165) is 5.56 Å². The molecule has 1 aromatic carbocycles. The number of hydrogen-bond acceptors (Lipinski definition) is 5. The summed E-state index contributed by atoms with van der Waals surface area (Å²) in [5.74, 6) is -1.33. The van der Waals surface area contributed by atoms with E-state index in [-0.39, 0.29) is 30.3 Å². The second kappa shape index (κ2) is 7.74. The van der Waals surface area contributed by atoms with Crippen LogP contribution in [0.1, 0.15) is 46.0 Å². The van der Waals surface area contributed by atoms with Gasteiger partial charge in [0.1, 0.15) is 11.3 Å². The lowest BCUT2D eigenvalue weighted by molar-refractivity contribution is -0.116. The number of aromatic amines is 1. The number of carbonyl (C=O) groups is 3. The lowest BCUT2D eigenvalue weighted by Crippen LogP contribution is -2.34. The average molecular weight is 343 g/mol. The van der Waals surface area contributed by atoms with Gasteiger partial charge in [0.05, 0.1) is 13.2 Å². The van der Waals surface area contributed by atoms with Crippen molar-refractivity contribution in [2.45, 2.75) is 27.7 Å². The molecule has 0 atom stereocenters. The number of ketones is 1. The second-order valence-corrected chi connectivity index (χ2v) is 5.66. The predicted octanol–water partition coefficient (Wildman–Crippen LogP) is 2.44. The third-order valence-electron chi connectivity index (χ3n) is 3.72. The van der Waals surface area contributed by atoms with E-state index in [1.165, 1.54) is 11.8 Å². The van der Waals surface area contributed by atoms with Crippen LogP contribution in [0.15, 0.2) is 24.3 Å². The van der Waals surface area contributed by atoms with E-state index in [2.05, 4.69) is 10.2 Å². The number of H-pyrrole nitrogens is 1. The van der Waals surface area contributed by atoms with Crippen LogP contribution < -0.4 is 4.90 Å². The van der Waals surface area contributed by atoms with E-state index in [1.54, 1.807) is 26.0 Å². The Kier molecular flexibility index (Phi) is 5.69. The van der Waals surface area contributed by atoms with Gasteiger partial charge in [-0.15, -0.1) is 0 Å². The largest absolute Gasteiger partial charge is 0.462 e. The SMILES string of the molecule is CCOC(=O)c1c(C(=O)CN(C(C)=O)c2ccc(C)cc2)n[nH]c1C. The summed E-state index contributed by atoms with van der Waals surface area (Å²) in [6.07, 6.45) is 0. The maximum atomic E-state index is 12.7. The Morgan fingerprint density at radius 3 is 2.36 bits per heavy atom. The fourth-order valence-electron chi connectivity index (χ4n) is 2.41. The van der Waals surface area contributed by atoms with Crippen LogP contribution in [0.3, 0.4) is 0 Å². The molecule has 0 fully saturated rings. The molecule has 7 nitrogen and oxygen atoms in total. The highest BCUT2D eigenvalue weighted by Gasteiger charge is 2.26. The van der Waals surface area contributed by atoms with Crippen molar-refractivity contribution >= 4 is 23.3 Å². The summed E-state index contributed by atoms with van der Waals surface area (Å²) in [4.78, 5) is 38.0. The lowest BCUT2D eigenvalue weighted by Gasteiger charge is -2.20. The lowest BCUT2D eigenvalue weighted by atomic mass is 10.1. The molecule has 7 heteroatoms. The first-order chi connectivity index (χ1) is 11.8. The van der Waals surface area contributed by atoms with Gasteiger partial charge in [-0.05, 0) is 32.9 Å². The van der Waals surface area contributed by atoms with Crippen molar-refractivity contribution < 1.29 is 19.1 Å². The first kappa shape index (κ1) is 18.4. The summed E-state index contributed by atoms with van der Waals surface area (Å²) in [5, 5.41) is 6.56. The van der Waals surface area contributed by atoms with Gasteiger partial charge in [-0.3, -0.25) is 14.7 Å². The molecule has 0 bridgehead atoms. The first-order valence-corrected chi connectivity index (χ1v) is 7.95. The van der Waals surface area contributed by atoms with Crippen LogP contribution in [0.25, 0.3) is 0 Å². The van der Waals surface area contributed by atoms with E-state index in [0.29, 0.717) is 11.4 Å². The van der Waals surface area contributed by atoms with Crippen LogP contribution in [0.2, 0.25) is 0 Å². The Morgan fingerprint density at radius 1 is 1.16 bits per heavy atom. The van der Waals surface area contributed by atoms with Crippen molar-refractivity contribution in [3.8, 4) is 0 Å². The Balaban J connectivity index is 2.29. The molecule has 1 heterocycles. The minimum Gasteiger partial charge on any atom is -0.462 e. The van der Waals surface area contributed by atoms with Gasteiger partial charge in [0, 0.05) is 18.3 Å². The van der Waals surface area contributed by atoms with E-state index in [4.69, 9.17) is 4.74 Å². The predicted molar refractivity (Wildman–Crippen MR) is 92.8 cm³/mol. The smallest absolute Gasteiger partial charge is 0.342 e. The number of nitrogens with one attached hydrogen (secondary N) is 1. The van der Waals surface area contributed by atoms with Crippen LogP contribution in [0.5, 0.6) is 0 Å². The standard InChI is InChI=1S/C18H21N3O4/c1-5-25-18(24)16-12(3)19-20-17(16)15(23)10-21(13(4)22)14-8-6-11(2)7-9-14/h6-9H,5,10H2,1-4H3,(H,19,20). The molecule has 0 saturated heterocycles. The summed E-state index contributed by atoms with van der Waals surface area (Å²) in [5.41, 5.74) is 2.20. The van der Waals surface area contributed by atoms with Crippen molar-refractivity contribution in [1.29, 1.82) is 0 Å². The number of aryl methyl sites for hydroxylation is 2. The van der Waals surface area contributed by atoms with E-state index >= 15 is 0 Å². The van der Waals surface area contributed by atoms with Gasteiger partial charge in [-0.1, -0.05) is 17.7 Å². The maximum absolute atomic E-state index is 12.7. The second-order valence-electron chi connectivity index (χ2n) is 5.66. The van der Waals surface area contributed by atoms with Gasteiger partial charge in [-0.2, -0.15) is 5.10 Å². The molecule has 2 aromatic rings. The number of carbonyl (C=O) groups excluding carboxylic acids is 3. The Labute approximate surface area is 146 Å². The van der Waals surface area contributed by atoms with Crippen LogP contribution in [-0.4, -0.2) is 41.0 Å². The number of ether oxygens (including phenoxy) is 1. The molecule has 25 heavy (non-hydrogen) atoms. The quantitative estimate of drug-likeness (QED) is 0.642. The highest BCUT2D eigenvalue weighted by Crippen LogP contribution is 2.18. The number of hydrogen-bond donors (Lipinski definition) is 1. The summed E-state index contributed by atoms with van der Waals surface area (Å²) < 4.78 is 4.98. The number of esters is 1. The molecule has 1 amide bonds. The molecule has 0 aliphatic heterocycles. The third-order valence-corrected chi connectivity index (χ3v) is 3.72. The van der Waals surface area contributed by atoms with Crippen LogP contribution in [-0.2, 0) is 9.53 Å². The summed E-state index contributed by atoms with van der Waals surface area (Å²) >= 11 is 0. The molecule has 132 valence electrons. The third kappa shape index (κ3) is 4.12. The van der Waals surface area contributed by atoms with Gasteiger partial charge in [-0.25, -0.2) is 4.79 Å². The zero-order valence-corrected chi connectivity index (χ0v) is 14.8. The number of anilines is 1. The van der Waals surface area contributed by atoms with Crippen LogP contribution in [0, 0.1) is 13.8 Å². The fraction of sp³-hybridized carbons (Fsp3) is 0.333. The molecule has 0 saturated carbocycles. The van der Waals surface area contributed by atoms with E-state index in [1.807, 2.05) is 19.1 Å². The van der Waals surface area contributed by atoms with Crippen molar-refractivity contribution in [1.82, 2.24) is 10.2 Å². The normalized spacial score (nSPS) is 10.4. The highest BCUT2D eigenvalue weighted by atomic mass is 16.5. The van der Waals surface area contributed by atoms with Crippen molar-refractivity contribution in [2.24, 2.45) is 0 Å². The highest BCUT2D eigenvalue weighted by molar-refractivity contribution is 6.09. The molecule has 0 spiro atoms. The minimum absolute atomic E-state index is 0.0192. The monoisotopic (exact) mass is 343 g/mol.